The number of halogens is 1. The van der Waals surface area contributed by atoms with Gasteiger partial charge in [-0.15, -0.1) is 11.3 Å². The maximum absolute atomic E-state index is 6.04. The summed E-state index contributed by atoms with van der Waals surface area (Å²) in [5, 5.41) is 6.38. The molecule has 0 unspecified atom stereocenters. The van der Waals surface area contributed by atoms with Crippen molar-refractivity contribution >= 4 is 28.8 Å². The zero-order valence-corrected chi connectivity index (χ0v) is 10.0. The molecular formula is C10H11ClN2OS. The average Bonchev–Trinajstić information content (AvgIpc) is 2.71. The van der Waals surface area contributed by atoms with E-state index in [1.54, 1.807) is 0 Å². The Balaban J connectivity index is 2.59. The van der Waals surface area contributed by atoms with Gasteiger partial charge in [-0.05, 0) is 17.4 Å². The van der Waals surface area contributed by atoms with Gasteiger partial charge >= 0.3 is 0 Å². The number of thiophene rings is 1. The van der Waals surface area contributed by atoms with Crippen LogP contribution in [0.5, 0.6) is 0 Å². The van der Waals surface area contributed by atoms with Gasteiger partial charge in [0.15, 0.2) is 11.6 Å². The number of nitrogens with zero attached hydrogens (tertiary/aromatic N) is 1. The summed E-state index contributed by atoms with van der Waals surface area (Å²) in [5.41, 5.74) is 6.69. The zero-order valence-electron chi connectivity index (χ0n) is 8.45. The quantitative estimate of drug-likeness (QED) is 0.872. The lowest BCUT2D eigenvalue weighted by Gasteiger charge is -2.03. The van der Waals surface area contributed by atoms with E-state index in [9.17, 15) is 0 Å². The van der Waals surface area contributed by atoms with Crippen molar-refractivity contribution < 1.29 is 4.52 Å². The highest BCUT2D eigenvalue weighted by Crippen LogP contribution is 2.39. The van der Waals surface area contributed by atoms with Crippen LogP contribution in [0.4, 0.5) is 5.82 Å². The molecule has 0 aromatic carbocycles. The average molecular weight is 243 g/mol. The molecule has 3 nitrogen and oxygen atoms in total. The minimum atomic E-state index is 0.268. The van der Waals surface area contributed by atoms with Crippen LogP contribution in [0.25, 0.3) is 10.6 Å². The Kier molecular flexibility index (Phi) is 2.71. The lowest BCUT2D eigenvalue weighted by Crippen LogP contribution is -1.94. The van der Waals surface area contributed by atoms with Gasteiger partial charge in [-0.25, -0.2) is 0 Å². The fourth-order valence-corrected chi connectivity index (χ4v) is 2.62. The van der Waals surface area contributed by atoms with E-state index >= 15 is 0 Å². The largest absolute Gasteiger partial charge is 0.381 e. The molecule has 0 aliphatic heterocycles. The van der Waals surface area contributed by atoms with E-state index in [-0.39, 0.29) is 5.92 Å². The zero-order chi connectivity index (χ0) is 11.0. The van der Waals surface area contributed by atoms with Crippen LogP contribution < -0.4 is 5.73 Å². The molecule has 2 N–H and O–H groups in total. The topological polar surface area (TPSA) is 52.0 Å². The highest BCUT2D eigenvalue weighted by Gasteiger charge is 2.21. The molecule has 0 saturated carbocycles. The monoisotopic (exact) mass is 242 g/mol. The summed E-state index contributed by atoms with van der Waals surface area (Å²) in [6, 6.07) is 1.84. The third-order valence-corrected chi connectivity index (χ3v) is 3.50. The number of nitrogen functional groups attached to an aromatic ring is 1. The normalized spacial score (nSPS) is 11.2. The van der Waals surface area contributed by atoms with E-state index in [4.69, 9.17) is 21.9 Å². The van der Waals surface area contributed by atoms with Crippen LogP contribution in [0.15, 0.2) is 16.0 Å². The minimum absolute atomic E-state index is 0.268. The van der Waals surface area contributed by atoms with Gasteiger partial charge < -0.3 is 10.3 Å². The Morgan fingerprint density at radius 3 is 2.80 bits per heavy atom. The molecule has 0 aliphatic carbocycles. The molecular weight excluding hydrogens is 232 g/mol. The molecule has 0 aliphatic rings. The molecule has 0 bridgehead atoms. The predicted octanol–water partition coefficient (Wildman–Crippen LogP) is 3.76. The summed E-state index contributed by atoms with van der Waals surface area (Å²) in [6.07, 6.45) is 0. The second-order valence-electron chi connectivity index (χ2n) is 3.56. The Morgan fingerprint density at radius 1 is 1.53 bits per heavy atom. The Hall–Kier alpha value is -1.00. The SMILES string of the molecule is CC(C)c1c(N)noc1-c1sccc1Cl. The second-order valence-corrected chi connectivity index (χ2v) is 4.89. The van der Waals surface area contributed by atoms with Crippen LogP contribution in [0.2, 0.25) is 5.02 Å². The van der Waals surface area contributed by atoms with Gasteiger partial charge in [0, 0.05) is 5.56 Å². The van der Waals surface area contributed by atoms with Crippen molar-refractivity contribution in [1.29, 1.82) is 0 Å². The fraction of sp³-hybridized carbons (Fsp3) is 0.300. The maximum Gasteiger partial charge on any atom is 0.183 e. The Morgan fingerprint density at radius 2 is 2.27 bits per heavy atom. The van der Waals surface area contributed by atoms with Crippen LogP contribution in [0, 0.1) is 0 Å². The van der Waals surface area contributed by atoms with Crippen LogP contribution >= 0.6 is 22.9 Å². The van der Waals surface area contributed by atoms with Gasteiger partial charge in [-0.3, -0.25) is 0 Å². The minimum Gasteiger partial charge on any atom is -0.381 e. The molecule has 2 aromatic rings. The molecule has 2 rings (SSSR count). The molecule has 0 amide bonds. The molecule has 0 atom stereocenters. The molecule has 80 valence electrons. The third kappa shape index (κ3) is 1.75. The smallest absolute Gasteiger partial charge is 0.183 e. The molecule has 5 heteroatoms. The van der Waals surface area contributed by atoms with Crippen molar-refractivity contribution in [2.24, 2.45) is 0 Å². The summed E-state index contributed by atoms with van der Waals surface area (Å²) < 4.78 is 5.23. The summed E-state index contributed by atoms with van der Waals surface area (Å²) >= 11 is 7.57. The predicted molar refractivity (Wildman–Crippen MR) is 63.3 cm³/mol. The standard InChI is InChI=1S/C10H11ClN2OS/c1-5(2)7-8(14-13-10(7)12)9-6(11)3-4-15-9/h3-5H,1-2H3,(H2,12,13). The van der Waals surface area contributed by atoms with Crippen LogP contribution in [0.1, 0.15) is 25.3 Å². The van der Waals surface area contributed by atoms with E-state index < -0.39 is 0 Å². The molecule has 0 radical (unpaired) electrons. The van der Waals surface area contributed by atoms with Crippen molar-refractivity contribution in [2.45, 2.75) is 19.8 Å². The Bertz CT molecular complexity index is 475. The van der Waals surface area contributed by atoms with Gasteiger partial charge in [0.25, 0.3) is 0 Å². The number of hydrogen-bond acceptors (Lipinski definition) is 4. The second kappa shape index (κ2) is 3.87. The molecule has 15 heavy (non-hydrogen) atoms. The summed E-state index contributed by atoms with van der Waals surface area (Å²) in [4.78, 5) is 0.893. The summed E-state index contributed by atoms with van der Waals surface area (Å²) in [5.74, 6) is 1.41. The van der Waals surface area contributed by atoms with Crippen LogP contribution in [-0.2, 0) is 0 Å². The summed E-state index contributed by atoms with van der Waals surface area (Å²) in [7, 11) is 0. The van der Waals surface area contributed by atoms with E-state index in [1.165, 1.54) is 11.3 Å². The first kappa shape index (κ1) is 10.5. The summed E-state index contributed by atoms with van der Waals surface area (Å²) in [6.45, 7) is 4.10. The molecule has 0 spiro atoms. The van der Waals surface area contributed by atoms with Gasteiger partial charge in [-0.1, -0.05) is 30.6 Å². The van der Waals surface area contributed by atoms with E-state index in [0.29, 0.717) is 16.6 Å². The lowest BCUT2D eigenvalue weighted by atomic mass is 10.0. The van der Waals surface area contributed by atoms with E-state index in [1.807, 2.05) is 25.3 Å². The third-order valence-electron chi connectivity index (χ3n) is 2.16. The first-order chi connectivity index (χ1) is 7.11. The van der Waals surface area contributed by atoms with Crippen molar-refractivity contribution in [1.82, 2.24) is 5.16 Å². The van der Waals surface area contributed by atoms with Crippen molar-refractivity contribution in [3.63, 3.8) is 0 Å². The number of anilines is 1. The van der Waals surface area contributed by atoms with Gasteiger partial charge in [-0.2, -0.15) is 0 Å². The number of aromatic nitrogens is 1. The van der Waals surface area contributed by atoms with Crippen molar-refractivity contribution in [3.8, 4) is 10.6 Å². The van der Waals surface area contributed by atoms with Crippen molar-refractivity contribution in [2.75, 3.05) is 5.73 Å². The number of hydrogen-bond donors (Lipinski definition) is 1. The molecule has 0 saturated heterocycles. The Labute approximate surface area is 96.8 Å². The highest BCUT2D eigenvalue weighted by atomic mass is 35.5. The van der Waals surface area contributed by atoms with Gasteiger partial charge in [0.2, 0.25) is 0 Å². The molecule has 2 aromatic heterocycles. The molecule has 0 fully saturated rings. The van der Waals surface area contributed by atoms with Crippen molar-refractivity contribution in [3.05, 3.63) is 22.0 Å². The molecule has 2 heterocycles. The fourth-order valence-electron chi connectivity index (χ4n) is 1.49. The highest BCUT2D eigenvalue weighted by molar-refractivity contribution is 7.14. The van der Waals surface area contributed by atoms with Gasteiger partial charge in [0.1, 0.15) is 0 Å². The number of nitrogens with two attached hydrogens (primary N) is 1. The van der Waals surface area contributed by atoms with Gasteiger partial charge in [0.05, 0.1) is 9.90 Å². The van der Waals surface area contributed by atoms with Crippen LogP contribution in [-0.4, -0.2) is 5.16 Å². The van der Waals surface area contributed by atoms with E-state index in [2.05, 4.69) is 5.16 Å². The maximum atomic E-state index is 6.04. The first-order valence-electron chi connectivity index (χ1n) is 4.59. The van der Waals surface area contributed by atoms with E-state index in [0.717, 1.165) is 10.4 Å². The lowest BCUT2D eigenvalue weighted by molar-refractivity contribution is 0.435. The first-order valence-corrected chi connectivity index (χ1v) is 5.85. The number of rotatable bonds is 2. The van der Waals surface area contributed by atoms with Crippen LogP contribution in [0.3, 0.4) is 0 Å².